The first-order valence-corrected chi connectivity index (χ1v) is 7.42. The predicted molar refractivity (Wildman–Crippen MR) is 61.9 cm³/mol. The molecule has 0 aliphatic heterocycles. The van der Waals surface area contributed by atoms with E-state index < -0.39 is 15.8 Å². The van der Waals surface area contributed by atoms with Gasteiger partial charge in [-0.25, -0.2) is 18.2 Å². The van der Waals surface area contributed by atoms with E-state index in [0.717, 1.165) is 0 Å². The second-order valence-electron chi connectivity index (χ2n) is 3.25. The van der Waals surface area contributed by atoms with Crippen LogP contribution in [0.1, 0.15) is 16.9 Å². The third kappa shape index (κ3) is 4.15. The van der Waals surface area contributed by atoms with Crippen LogP contribution in [0.4, 0.5) is 5.00 Å². The number of anilines is 1. The molecule has 0 saturated heterocycles. The molecule has 1 aromatic rings. The number of aromatic carboxylic acids is 1. The van der Waals surface area contributed by atoms with E-state index in [4.69, 9.17) is 5.11 Å². The van der Waals surface area contributed by atoms with Gasteiger partial charge < -0.3 is 10.4 Å². The fraction of sp³-hybridized carbons (Fsp3) is 0.500. The van der Waals surface area contributed by atoms with Gasteiger partial charge in [0.2, 0.25) is 0 Å². The van der Waals surface area contributed by atoms with Crippen molar-refractivity contribution in [3.8, 4) is 0 Å². The van der Waals surface area contributed by atoms with Crippen molar-refractivity contribution in [1.82, 2.24) is 4.98 Å². The number of carboxylic acids is 1. The van der Waals surface area contributed by atoms with Crippen LogP contribution in [0.15, 0.2) is 5.51 Å². The molecule has 0 aromatic carbocycles. The summed E-state index contributed by atoms with van der Waals surface area (Å²) in [4.78, 5) is 14.4. The number of rotatable bonds is 6. The van der Waals surface area contributed by atoms with Crippen LogP contribution in [-0.2, 0) is 9.84 Å². The van der Waals surface area contributed by atoms with E-state index >= 15 is 0 Å². The van der Waals surface area contributed by atoms with E-state index in [1.54, 1.807) is 0 Å². The molecule has 1 rings (SSSR count). The van der Waals surface area contributed by atoms with E-state index in [0.29, 0.717) is 18.0 Å². The molecule has 6 nitrogen and oxygen atoms in total. The van der Waals surface area contributed by atoms with E-state index in [2.05, 4.69) is 10.3 Å². The molecule has 1 aromatic heterocycles. The normalized spacial score (nSPS) is 11.3. The SMILES string of the molecule is CS(=O)(=O)CCCNc1scnc1C(=O)O. The molecule has 90 valence electrons. The third-order valence-corrected chi connectivity index (χ3v) is 3.56. The van der Waals surface area contributed by atoms with Gasteiger partial charge in [0.05, 0.1) is 11.3 Å². The molecule has 0 radical (unpaired) electrons. The molecule has 0 bridgehead atoms. The Balaban J connectivity index is 2.43. The first kappa shape index (κ1) is 12.9. The van der Waals surface area contributed by atoms with Crippen LogP contribution in [0, 0.1) is 0 Å². The fourth-order valence-corrected chi connectivity index (χ4v) is 2.43. The van der Waals surface area contributed by atoms with Crippen molar-refractivity contribution in [2.24, 2.45) is 0 Å². The molecule has 0 spiro atoms. The highest BCUT2D eigenvalue weighted by Crippen LogP contribution is 2.19. The van der Waals surface area contributed by atoms with Gasteiger partial charge in [0.15, 0.2) is 5.69 Å². The van der Waals surface area contributed by atoms with Gasteiger partial charge in [-0.15, -0.1) is 11.3 Å². The van der Waals surface area contributed by atoms with Gasteiger partial charge in [-0.2, -0.15) is 0 Å². The molecule has 0 aliphatic carbocycles. The zero-order chi connectivity index (χ0) is 12.2. The van der Waals surface area contributed by atoms with E-state index in [9.17, 15) is 13.2 Å². The molecule has 0 unspecified atom stereocenters. The smallest absolute Gasteiger partial charge is 0.357 e. The number of carbonyl (C=O) groups is 1. The second-order valence-corrected chi connectivity index (χ2v) is 6.36. The van der Waals surface area contributed by atoms with Crippen LogP contribution in [-0.4, -0.2) is 43.0 Å². The van der Waals surface area contributed by atoms with Gasteiger partial charge in [0, 0.05) is 12.8 Å². The zero-order valence-electron chi connectivity index (χ0n) is 8.63. The van der Waals surface area contributed by atoms with Gasteiger partial charge in [0.25, 0.3) is 0 Å². The van der Waals surface area contributed by atoms with Gasteiger partial charge in [-0.05, 0) is 6.42 Å². The van der Waals surface area contributed by atoms with Crippen LogP contribution < -0.4 is 5.32 Å². The van der Waals surface area contributed by atoms with E-state index in [-0.39, 0.29) is 11.4 Å². The fourth-order valence-electron chi connectivity index (χ4n) is 1.06. The van der Waals surface area contributed by atoms with Crippen molar-refractivity contribution in [3.63, 3.8) is 0 Å². The molecular formula is C8H12N2O4S2. The summed E-state index contributed by atoms with van der Waals surface area (Å²) in [6, 6.07) is 0. The Morgan fingerprint density at radius 3 is 2.88 bits per heavy atom. The first-order valence-electron chi connectivity index (χ1n) is 4.48. The minimum Gasteiger partial charge on any atom is -0.476 e. The van der Waals surface area contributed by atoms with Crippen LogP contribution >= 0.6 is 11.3 Å². The average molecular weight is 264 g/mol. The molecule has 0 amide bonds. The Bertz CT molecular complexity index is 466. The molecular weight excluding hydrogens is 252 g/mol. The van der Waals surface area contributed by atoms with Crippen molar-refractivity contribution in [2.45, 2.75) is 6.42 Å². The Morgan fingerprint density at radius 2 is 2.31 bits per heavy atom. The number of sulfone groups is 1. The molecule has 8 heteroatoms. The van der Waals surface area contributed by atoms with E-state index in [1.807, 2.05) is 0 Å². The Hall–Kier alpha value is -1.15. The van der Waals surface area contributed by atoms with Crippen LogP contribution in [0.25, 0.3) is 0 Å². The van der Waals surface area contributed by atoms with Crippen molar-refractivity contribution >= 4 is 32.1 Å². The zero-order valence-corrected chi connectivity index (χ0v) is 10.3. The number of carboxylic acid groups (broad SMARTS) is 1. The van der Waals surface area contributed by atoms with Gasteiger partial charge in [-0.1, -0.05) is 0 Å². The monoisotopic (exact) mass is 264 g/mol. The van der Waals surface area contributed by atoms with Crippen molar-refractivity contribution in [3.05, 3.63) is 11.2 Å². The lowest BCUT2D eigenvalue weighted by Gasteiger charge is -2.03. The molecule has 0 saturated carbocycles. The van der Waals surface area contributed by atoms with Crippen LogP contribution in [0.2, 0.25) is 0 Å². The predicted octanol–water partition coefficient (Wildman–Crippen LogP) is 0.688. The number of thiazole rings is 1. The minimum absolute atomic E-state index is 0.0237. The quantitative estimate of drug-likeness (QED) is 0.734. The second kappa shape index (κ2) is 5.26. The highest BCUT2D eigenvalue weighted by Gasteiger charge is 2.12. The van der Waals surface area contributed by atoms with Gasteiger partial charge in [0.1, 0.15) is 14.8 Å². The highest BCUT2D eigenvalue weighted by atomic mass is 32.2. The lowest BCUT2D eigenvalue weighted by Crippen LogP contribution is -2.11. The van der Waals surface area contributed by atoms with Crippen molar-refractivity contribution in [2.75, 3.05) is 23.9 Å². The molecule has 0 fully saturated rings. The topological polar surface area (TPSA) is 96.4 Å². The first-order chi connectivity index (χ1) is 7.40. The summed E-state index contributed by atoms with van der Waals surface area (Å²) < 4.78 is 21.7. The summed E-state index contributed by atoms with van der Waals surface area (Å²) in [5.74, 6) is -1.01. The summed E-state index contributed by atoms with van der Waals surface area (Å²) in [5, 5.41) is 12.1. The van der Waals surface area contributed by atoms with Crippen molar-refractivity contribution < 1.29 is 18.3 Å². The summed E-state index contributed by atoms with van der Waals surface area (Å²) >= 11 is 1.18. The number of hydrogen-bond acceptors (Lipinski definition) is 6. The Morgan fingerprint density at radius 1 is 1.62 bits per heavy atom. The summed E-state index contributed by atoms with van der Waals surface area (Å²) in [6.07, 6.45) is 1.61. The third-order valence-electron chi connectivity index (χ3n) is 1.75. The summed E-state index contributed by atoms with van der Waals surface area (Å²) in [7, 11) is -2.96. The summed E-state index contributed by atoms with van der Waals surface area (Å²) in [5.41, 5.74) is 1.41. The standard InChI is InChI=1S/C8H12N2O4S2/c1-16(13,14)4-2-3-9-7-6(8(11)12)10-5-15-7/h5,9H,2-4H2,1H3,(H,11,12). The lowest BCUT2D eigenvalue weighted by molar-refractivity contribution is 0.0692. The Labute approximate surface area is 97.2 Å². The average Bonchev–Trinajstić information content (AvgIpc) is 2.58. The van der Waals surface area contributed by atoms with Gasteiger partial charge in [-0.3, -0.25) is 0 Å². The Kier molecular flexibility index (Phi) is 4.25. The number of nitrogens with zero attached hydrogens (tertiary/aromatic N) is 1. The van der Waals surface area contributed by atoms with Crippen molar-refractivity contribution in [1.29, 1.82) is 0 Å². The number of aromatic nitrogens is 1. The highest BCUT2D eigenvalue weighted by molar-refractivity contribution is 7.90. The number of hydrogen-bond donors (Lipinski definition) is 2. The van der Waals surface area contributed by atoms with E-state index in [1.165, 1.54) is 23.1 Å². The lowest BCUT2D eigenvalue weighted by atomic mass is 10.4. The van der Waals surface area contributed by atoms with Gasteiger partial charge >= 0.3 is 5.97 Å². The molecule has 0 aliphatic rings. The molecule has 16 heavy (non-hydrogen) atoms. The molecule has 2 N–H and O–H groups in total. The maximum absolute atomic E-state index is 10.8. The largest absolute Gasteiger partial charge is 0.476 e. The van der Waals surface area contributed by atoms with Crippen LogP contribution in [0.3, 0.4) is 0 Å². The minimum atomic E-state index is -2.96. The number of nitrogens with one attached hydrogen (secondary N) is 1. The molecule has 1 heterocycles. The molecule has 0 atom stereocenters. The van der Waals surface area contributed by atoms with Crippen LogP contribution in [0.5, 0.6) is 0 Å². The summed E-state index contributed by atoms with van der Waals surface area (Å²) in [6.45, 7) is 0.412. The maximum Gasteiger partial charge on any atom is 0.357 e. The maximum atomic E-state index is 10.8.